The highest BCUT2D eigenvalue weighted by Crippen LogP contribution is 2.13. The summed E-state index contributed by atoms with van der Waals surface area (Å²) in [5.41, 5.74) is 0. The molecule has 0 aliphatic heterocycles. The molecule has 320 valence electrons. The third-order valence-electron chi connectivity index (χ3n) is 9.49. The van der Waals surface area contributed by atoms with Crippen molar-refractivity contribution in [3.8, 4) is 0 Å². The van der Waals surface area contributed by atoms with Crippen LogP contribution in [0.4, 0.5) is 0 Å². The fraction of sp³-hybridized carbons (Fsp3) is 0.700. The molecule has 0 radical (unpaired) electrons. The van der Waals surface area contributed by atoms with Gasteiger partial charge in [-0.3, -0.25) is 14.4 Å². The Kier molecular flexibility index (Phi) is 42.1. The van der Waals surface area contributed by atoms with Crippen LogP contribution in [-0.4, -0.2) is 37.2 Å². The van der Waals surface area contributed by atoms with E-state index < -0.39 is 6.10 Å². The minimum Gasteiger partial charge on any atom is -0.462 e. The molecule has 0 spiro atoms. The van der Waals surface area contributed by atoms with Gasteiger partial charge in [0.15, 0.2) is 6.10 Å². The first-order valence-corrected chi connectivity index (χ1v) is 23.0. The zero-order chi connectivity index (χ0) is 40.8. The van der Waals surface area contributed by atoms with Gasteiger partial charge in [-0.1, -0.05) is 171 Å². The first-order chi connectivity index (χ1) is 27.5. The molecule has 0 heterocycles. The van der Waals surface area contributed by atoms with Crippen molar-refractivity contribution in [2.24, 2.45) is 0 Å². The number of hydrogen-bond donors (Lipinski definition) is 0. The largest absolute Gasteiger partial charge is 0.462 e. The molecule has 56 heavy (non-hydrogen) atoms. The number of allylic oxidation sites excluding steroid dienone is 12. The third kappa shape index (κ3) is 42.0. The van der Waals surface area contributed by atoms with Crippen molar-refractivity contribution in [1.82, 2.24) is 0 Å². The molecule has 0 aliphatic rings. The molecule has 0 amide bonds. The van der Waals surface area contributed by atoms with Crippen LogP contribution in [0.1, 0.15) is 207 Å². The highest BCUT2D eigenvalue weighted by Gasteiger charge is 2.19. The predicted octanol–water partition coefficient (Wildman–Crippen LogP) is 14.7. The Labute approximate surface area is 344 Å². The van der Waals surface area contributed by atoms with Gasteiger partial charge in [-0.05, 0) is 89.9 Å². The smallest absolute Gasteiger partial charge is 0.306 e. The summed E-state index contributed by atoms with van der Waals surface area (Å²) in [5, 5.41) is 0. The first kappa shape index (κ1) is 52.9. The van der Waals surface area contributed by atoms with Crippen molar-refractivity contribution in [3.05, 3.63) is 72.9 Å². The molecule has 0 aromatic heterocycles. The Hall–Kier alpha value is -3.15. The summed E-state index contributed by atoms with van der Waals surface area (Å²) in [6.45, 7) is 6.31. The van der Waals surface area contributed by atoms with E-state index in [0.717, 1.165) is 96.3 Å². The molecule has 0 fully saturated rings. The molecule has 6 heteroatoms. The van der Waals surface area contributed by atoms with Crippen LogP contribution < -0.4 is 0 Å². The van der Waals surface area contributed by atoms with Gasteiger partial charge in [0.1, 0.15) is 13.2 Å². The van der Waals surface area contributed by atoms with Crippen molar-refractivity contribution in [2.75, 3.05) is 13.2 Å². The minimum absolute atomic E-state index is 0.0989. The topological polar surface area (TPSA) is 78.9 Å². The van der Waals surface area contributed by atoms with Crippen molar-refractivity contribution >= 4 is 17.9 Å². The monoisotopic (exact) mass is 781 g/mol. The van der Waals surface area contributed by atoms with Crippen LogP contribution in [0.25, 0.3) is 0 Å². The maximum Gasteiger partial charge on any atom is 0.306 e. The van der Waals surface area contributed by atoms with Gasteiger partial charge < -0.3 is 14.2 Å². The Morgan fingerprint density at radius 2 is 0.786 bits per heavy atom. The molecular weight excluding hydrogens is 697 g/mol. The van der Waals surface area contributed by atoms with Gasteiger partial charge in [0.2, 0.25) is 0 Å². The van der Waals surface area contributed by atoms with Crippen LogP contribution in [0.15, 0.2) is 72.9 Å². The van der Waals surface area contributed by atoms with Gasteiger partial charge in [0, 0.05) is 19.3 Å². The molecule has 0 aliphatic carbocycles. The van der Waals surface area contributed by atoms with E-state index in [1.165, 1.54) is 70.6 Å². The van der Waals surface area contributed by atoms with Crippen molar-refractivity contribution in [1.29, 1.82) is 0 Å². The Morgan fingerprint density at radius 3 is 1.34 bits per heavy atom. The lowest BCUT2D eigenvalue weighted by Gasteiger charge is -2.18. The lowest BCUT2D eigenvalue weighted by Crippen LogP contribution is -2.30. The second-order valence-electron chi connectivity index (χ2n) is 15.0. The normalized spacial score (nSPS) is 12.7. The van der Waals surface area contributed by atoms with E-state index in [2.05, 4.69) is 93.7 Å². The molecule has 1 atom stereocenters. The van der Waals surface area contributed by atoms with E-state index in [0.29, 0.717) is 19.3 Å². The number of ether oxygens (including phenoxy) is 3. The van der Waals surface area contributed by atoms with Gasteiger partial charge in [0.05, 0.1) is 0 Å². The predicted molar refractivity (Wildman–Crippen MR) is 238 cm³/mol. The molecule has 1 unspecified atom stereocenters. The molecule has 0 aromatic rings. The Balaban J connectivity index is 4.42. The van der Waals surface area contributed by atoms with Crippen LogP contribution >= 0.6 is 0 Å². The number of esters is 3. The van der Waals surface area contributed by atoms with Crippen LogP contribution in [-0.2, 0) is 28.6 Å². The summed E-state index contributed by atoms with van der Waals surface area (Å²) in [6, 6.07) is 0. The molecule has 0 saturated carbocycles. The molecule has 0 rings (SSSR count). The average Bonchev–Trinajstić information content (AvgIpc) is 3.19. The van der Waals surface area contributed by atoms with Crippen molar-refractivity contribution in [2.45, 2.75) is 213 Å². The van der Waals surface area contributed by atoms with E-state index in [-0.39, 0.29) is 31.1 Å². The van der Waals surface area contributed by atoms with Gasteiger partial charge in [-0.25, -0.2) is 0 Å². The van der Waals surface area contributed by atoms with Gasteiger partial charge in [-0.15, -0.1) is 0 Å². The lowest BCUT2D eigenvalue weighted by atomic mass is 10.1. The standard InChI is InChI=1S/C50H84O6/c1-4-7-10-13-16-19-21-23-25-27-28-31-34-37-40-43-49(52)55-46-47(45-54-48(51)42-39-36-33-30-18-15-12-9-6-3)56-50(53)44-41-38-35-32-29-26-24-22-20-17-14-11-8-5-2/h7,9-10,12-13,16,18-19,21,26,29-30,47H,4-6,8,11,14-15,17,20,22-25,27-28,31-46H2,1-3H3/b10-7-,12-9-,16-13-,21-19-,29-26-,30-18-. The van der Waals surface area contributed by atoms with E-state index >= 15 is 0 Å². The third-order valence-corrected chi connectivity index (χ3v) is 9.49. The summed E-state index contributed by atoms with van der Waals surface area (Å²) in [7, 11) is 0. The zero-order valence-electron chi connectivity index (χ0n) is 36.4. The SMILES string of the molecule is CC\C=C/C=C\C=C/CCCCCCCCCC(=O)OCC(COC(=O)CCCC/C=C\C/C=C\CC)OC(=O)CCCCC/C=C\CCCCCCCCC. The molecule has 0 bridgehead atoms. The maximum atomic E-state index is 12.7. The van der Waals surface area contributed by atoms with Crippen molar-refractivity contribution in [3.63, 3.8) is 0 Å². The number of carbonyl (C=O) groups is 3. The summed E-state index contributed by atoms with van der Waals surface area (Å²) in [4.78, 5) is 37.7. The van der Waals surface area contributed by atoms with Crippen LogP contribution in [0, 0.1) is 0 Å². The highest BCUT2D eigenvalue weighted by molar-refractivity contribution is 5.71. The quantitative estimate of drug-likeness (QED) is 0.0203. The van der Waals surface area contributed by atoms with Gasteiger partial charge in [-0.2, -0.15) is 0 Å². The van der Waals surface area contributed by atoms with Crippen molar-refractivity contribution < 1.29 is 28.6 Å². The summed E-state index contributed by atoms with van der Waals surface area (Å²) in [5.74, 6) is -0.970. The summed E-state index contributed by atoms with van der Waals surface area (Å²) < 4.78 is 16.6. The zero-order valence-corrected chi connectivity index (χ0v) is 36.4. The molecule has 0 aromatic carbocycles. The Morgan fingerprint density at radius 1 is 0.393 bits per heavy atom. The number of rotatable bonds is 40. The number of carbonyl (C=O) groups excluding carboxylic acids is 3. The molecule has 0 saturated heterocycles. The summed E-state index contributed by atoms with van der Waals surface area (Å²) >= 11 is 0. The fourth-order valence-electron chi connectivity index (χ4n) is 6.06. The second-order valence-corrected chi connectivity index (χ2v) is 15.0. The second kappa shape index (κ2) is 44.6. The van der Waals surface area contributed by atoms with Crippen LogP contribution in [0.2, 0.25) is 0 Å². The van der Waals surface area contributed by atoms with E-state index in [1.807, 2.05) is 0 Å². The van der Waals surface area contributed by atoms with Crippen LogP contribution in [0.5, 0.6) is 0 Å². The first-order valence-electron chi connectivity index (χ1n) is 23.0. The van der Waals surface area contributed by atoms with E-state index in [4.69, 9.17) is 14.2 Å². The van der Waals surface area contributed by atoms with Gasteiger partial charge >= 0.3 is 17.9 Å². The maximum absolute atomic E-state index is 12.7. The number of unbranched alkanes of at least 4 members (excludes halogenated alkanes) is 19. The number of hydrogen-bond acceptors (Lipinski definition) is 6. The molecule has 6 nitrogen and oxygen atoms in total. The summed E-state index contributed by atoms with van der Waals surface area (Å²) in [6.07, 6.45) is 54.7. The lowest BCUT2D eigenvalue weighted by molar-refractivity contribution is -0.167. The van der Waals surface area contributed by atoms with Gasteiger partial charge in [0.25, 0.3) is 0 Å². The Bertz CT molecular complexity index is 1080. The van der Waals surface area contributed by atoms with E-state index in [9.17, 15) is 14.4 Å². The van der Waals surface area contributed by atoms with E-state index in [1.54, 1.807) is 0 Å². The highest BCUT2D eigenvalue weighted by atomic mass is 16.6. The molecule has 0 N–H and O–H groups in total. The fourth-order valence-corrected chi connectivity index (χ4v) is 6.06. The van der Waals surface area contributed by atoms with Crippen LogP contribution in [0.3, 0.4) is 0 Å². The average molecular weight is 781 g/mol. The minimum atomic E-state index is -0.798. The molecular formula is C50H84O6.